The van der Waals surface area contributed by atoms with Crippen molar-refractivity contribution in [3.63, 3.8) is 0 Å². The van der Waals surface area contributed by atoms with Gasteiger partial charge in [0.05, 0.1) is 11.1 Å². The maximum atomic E-state index is 13.7. The zero-order chi connectivity index (χ0) is 14.4. The van der Waals surface area contributed by atoms with Gasteiger partial charge < -0.3 is 5.73 Å². The Hall–Kier alpha value is -2.43. The van der Waals surface area contributed by atoms with Crippen molar-refractivity contribution in [2.45, 2.75) is 20.8 Å². The quantitative estimate of drug-likeness (QED) is 0.739. The molecule has 2 N–H and O–H groups in total. The van der Waals surface area contributed by atoms with Gasteiger partial charge in [0, 0.05) is 5.69 Å². The standard InChI is InChI=1S/C15H15FN4/c1-8-4-11(16)6-12(5-8)20-10(3)9(2)13-14(17)18-7-19-15(13)20/h4-7H,1-3H3,(H2,17,18,19). The second kappa shape index (κ2) is 4.30. The third-order valence-electron chi connectivity index (χ3n) is 3.61. The molecule has 0 aliphatic heterocycles. The zero-order valence-corrected chi connectivity index (χ0v) is 11.6. The van der Waals surface area contributed by atoms with Crippen LogP contribution in [0, 0.1) is 26.6 Å². The second-order valence-corrected chi connectivity index (χ2v) is 4.99. The number of aromatic nitrogens is 3. The van der Waals surface area contributed by atoms with Crippen LogP contribution in [0.2, 0.25) is 0 Å². The highest BCUT2D eigenvalue weighted by atomic mass is 19.1. The van der Waals surface area contributed by atoms with Crippen molar-refractivity contribution in [2.24, 2.45) is 0 Å². The molecular formula is C15H15FN4. The number of nitrogen functional groups attached to an aromatic ring is 1. The number of rotatable bonds is 1. The van der Waals surface area contributed by atoms with Crippen molar-refractivity contribution in [1.29, 1.82) is 0 Å². The lowest BCUT2D eigenvalue weighted by atomic mass is 10.2. The van der Waals surface area contributed by atoms with Gasteiger partial charge in [-0.3, -0.25) is 4.57 Å². The number of nitrogens with zero attached hydrogens (tertiary/aromatic N) is 3. The van der Waals surface area contributed by atoms with E-state index in [0.717, 1.165) is 27.9 Å². The summed E-state index contributed by atoms with van der Waals surface area (Å²) in [6, 6.07) is 4.92. The molecule has 0 saturated carbocycles. The molecule has 0 atom stereocenters. The predicted molar refractivity (Wildman–Crippen MR) is 77.4 cm³/mol. The topological polar surface area (TPSA) is 56.7 Å². The van der Waals surface area contributed by atoms with Crippen LogP contribution in [-0.2, 0) is 0 Å². The van der Waals surface area contributed by atoms with Crippen LogP contribution in [0.4, 0.5) is 10.2 Å². The summed E-state index contributed by atoms with van der Waals surface area (Å²) in [4.78, 5) is 8.34. The number of nitrogens with two attached hydrogens (primary N) is 1. The van der Waals surface area contributed by atoms with Crippen molar-refractivity contribution in [1.82, 2.24) is 14.5 Å². The third-order valence-corrected chi connectivity index (χ3v) is 3.61. The van der Waals surface area contributed by atoms with Gasteiger partial charge in [-0.05, 0) is 50.1 Å². The summed E-state index contributed by atoms with van der Waals surface area (Å²) >= 11 is 0. The molecular weight excluding hydrogens is 255 g/mol. The Morgan fingerprint density at radius 2 is 1.85 bits per heavy atom. The van der Waals surface area contributed by atoms with Crippen LogP contribution < -0.4 is 5.73 Å². The lowest BCUT2D eigenvalue weighted by Crippen LogP contribution is -2.00. The molecule has 4 nitrogen and oxygen atoms in total. The Labute approximate surface area is 116 Å². The van der Waals surface area contributed by atoms with Crippen LogP contribution in [0.15, 0.2) is 24.5 Å². The number of fused-ring (bicyclic) bond motifs is 1. The monoisotopic (exact) mass is 270 g/mol. The molecule has 2 aromatic heterocycles. The Balaban J connectivity index is 2.42. The average molecular weight is 270 g/mol. The van der Waals surface area contributed by atoms with Crippen LogP contribution in [0.1, 0.15) is 16.8 Å². The van der Waals surface area contributed by atoms with E-state index in [4.69, 9.17) is 5.73 Å². The molecule has 0 spiro atoms. The summed E-state index contributed by atoms with van der Waals surface area (Å²) in [5, 5.41) is 0.826. The molecule has 0 amide bonds. The van der Waals surface area contributed by atoms with E-state index in [1.807, 2.05) is 31.4 Å². The van der Waals surface area contributed by atoms with E-state index in [-0.39, 0.29) is 5.82 Å². The van der Waals surface area contributed by atoms with E-state index in [0.29, 0.717) is 11.5 Å². The molecule has 20 heavy (non-hydrogen) atoms. The van der Waals surface area contributed by atoms with E-state index in [9.17, 15) is 4.39 Å². The average Bonchev–Trinajstić information content (AvgIpc) is 2.62. The summed E-state index contributed by atoms with van der Waals surface area (Å²) < 4.78 is 15.6. The summed E-state index contributed by atoms with van der Waals surface area (Å²) in [7, 11) is 0. The number of halogens is 1. The summed E-state index contributed by atoms with van der Waals surface area (Å²) in [5.74, 6) is 0.184. The van der Waals surface area contributed by atoms with Gasteiger partial charge in [-0.1, -0.05) is 0 Å². The molecule has 0 unspecified atom stereocenters. The van der Waals surface area contributed by atoms with E-state index >= 15 is 0 Å². The van der Waals surface area contributed by atoms with Crippen LogP contribution in [0.25, 0.3) is 16.7 Å². The highest BCUT2D eigenvalue weighted by Crippen LogP contribution is 2.30. The molecule has 0 radical (unpaired) electrons. The van der Waals surface area contributed by atoms with Crippen LogP contribution >= 0.6 is 0 Å². The van der Waals surface area contributed by atoms with Crippen LogP contribution in [0.3, 0.4) is 0 Å². The van der Waals surface area contributed by atoms with Gasteiger partial charge in [-0.15, -0.1) is 0 Å². The molecule has 0 fully saturated rings. The first-order valence-electron chi connectivity index (χ1n) is 6.34. The number of anilines is 1. The number of hydrogen-bond donors (Lipinski definition) is 1. The van der Waals surface area contributed by atoms with Gasteiger partial charge in [0.25, 0.3) is 0 Å². The van der Waals surface area contributed by atoms with Crippen molar-refractivity contribution >= 4 is 16.9 Å². The fourth-order valence-corrected chi connectivity index (χ4v) is 2.59. The second-order valence-electron chi connectivity index (χ2n) is 4.99. The molecule has 0 aliphatic carbocycles. The van der Waals surface area contributed by atoms with Crippen molar-refractivity contribution in [3.05, 3.63) is 47.2 Å². The van der Waals surface area contributed by atoms with Crippen molar-refractivity contribution in [3.8, 4) is 5.69 Å². The van der Waals surface area contributed by atoms with Crippen molar-refractivity contribution < 1.29 is 4.39 Å². The molecule has 3 aromatic rings. The minimum atomic E-state index is -0.263. The van der Waals surface area contributed by atoms with Gasteiger partial charge in [-0.2, -0.15) is 0 Å². The number of aryl methyl sites for hydroxylation is 2. The third kappa shape index (κ3) is 1.74. The predicted octanol–water partition coefficient (Wildman–Crippen LogP) is 3.07. The molecule has 5 heteroatoms. The molecule has 2 heterocycles. The molecule has 0 saturated heterocycles. The first-order chi connectivity index (χ1) is 9.49. The molecule has 102 valence electrons. The lowest BCUT2D eigenvalue weighted by Gasteiger charge is -2.09. The summed E-state index contributed by atoms with van der Waals surface area (Å²) in [5.41, 5.74) is 10.3. The maximum Gasteiger partial charge on any atom is 0.150 e. The number of benzene rings is 1. The first kappa shape index (κ1) is 12.6. The van der Waals surface area contributed by atoms with Crippen LogP contribution in [0.5, 0.6) is 0 Å². The van der Waals surface area contributed by atoms with E-state index in [1.165, 1.54) is 18.5 Å². The maximum absolute atomic E-state index is 13.7. The summed E-state index contributed by atoms with van der Waals surface area (Å²) in [6.07, 6.45) is 1.43. The van der Waals surface area contributed by atoms with Crippen molar-refractivity contribution in [2.75, 3.05) is 5.73 Å². The highest BCUT2D eigenvalue weighted by Gasteiger charge is 2.16. The Bertz CT molecular complexity index is 800. The fraction of sp³-hybridized carbons (Fsp3) is 0.200. The van der Waals surface area contributed by atoms with Gasteiger partial charge in [-0.25, -0.2) is 14.4 Å². The molecule has 1 aromatic carbocycles. The minimum absolute atomic E-state index is 0.263. The van der Waals surface area contributed by atoms with E-state index in [1.54, 1.807) is 0 Å². The Morgan fingerprint density at radius 3 is 2.55 bits per heavy atom. The zero-order valence-electron chi connectivity index (χ0n) is 11.6. The minimum Gasteiger partial charge on any atom is -0.383 e. The molecule has 3 rings (SSSR count). The highest BCUT2D eigenvalue weighted by molar-refractivity contribution is 5.92. The Kier molecular flexibility index (Phi) is 2.71. The van der Waals surface area contributed by atoms with E-state index < -0.39 is 0 Å². The molecule has 0 bridgehead atoms. The van der Waals surface area contributed by atoms with Gasteiger partial charge >= 0.3 is 0 Å². The van der Waals surface area contributed by atoms with Crippen LogP contribution in [-0.4, -0.2) is 14.5 Å². The molecule has 0 aliphatic rings. The van der Waals surface area contributed by atoms with Gasteiger partial charge in [0.2, 0.25) is 0 Å². The van der Waals surface area contributed by atoms with Gasteiger partial charge in [0.1, 0.15) is 18.0 Å². The Morgan fingerprint density at radius 1 is 1.10 bits per heavy atom. The lowest BCUT2D eigenvalue weighted by molar-refractivity contribution is 0.625. The largest absolute Gasteiger partial charge is 0.383 e. The fourth-order valence-electron chi connectivity index (χ4n) is 2.59. The SMILES string of the molecule is Cc1cc(F)cc(-n2c(C)c(C)c3c(N)ncnc32)c1. The van der Waals surface area contributed by atoms with E-state index in [2.05, 4.69) is 9.97 Å². The van der Waals surface area contributed by atoms with Gasteiger partial charge in [0.15, 0.2) is 5.65 Å². The smallest absolute Gasteiger partial charge is 0.150 e. The first-order valence-corrected chi connectivity index (χ1v) is 6.34. The normalized spacial score (nSPS) is 11.2. The number of hydrogen-bond acceptors (Lipinski definition) is 3. The summed E-state index contributed by atoms with van der Waals surface area (Å²) in [6.45, 7) is 5.81.